The van der Waals surface area contributed by atoms with Crippen LogP contribution in [0.25, 0.3) is 10.8 Å². The van der Waals surface area contributed by atoms with Crippen LogP contribution in [0.4, 0.5) is 5.69 Å². The van der Waals surface area contributed by atoms with E-state index in [0.29, 0.717) is 34.1 Å². The van der Waals surface area contributed by atoms with Crippen LogP contribution in [0.5, 0.6) is 0 Å². The van der Waals surface area contributed by atoms with Crippen molar-refractivity contribution in [3.63, 3.8) is 0 Å². The zero-order valence-electron chi connectivity index (χ0n) is 16.8. The molecule has 0 saturated heterocycles. The molecule has 0 unspecified atom stereocenters. The van der Waals surface area contributed by atoms with E-state index in [2.05, 4.69) is 5.32 Å². The average Bonchev–Trinajstić information content (AvgIpc) is 2.69. The van der Waals surface area contributed by atoms with Gasteiger partial charge in [-0.25, -0.2) is 0 Å². The van der Waals surface area contributed by atoms with Gasteiger partial charge >= 0.3 is 5.97 Å². The Labute approximate surface area is 173 Å². The summed E-state index contributed by atoms with van der Waals surface area (Å²) in [6.07, 6.45) is -0.0697. The van der Waals surface area contributed by atoms with Crippen molar-refractivity contribution in [2.24, 2.45) is 5.73 Å². The Hall–Kier alpha value is -3.30. The molecular formula is C21H24N4O5. The van der Waals surface area contributed by atoms with Crippen molar-refractivity contribution in [1.82, 2.24) is 9.80 Å². The minimum Gasteiger partial charge on any atom is -0.480 e. The number of carbonyl (C=O) groups is 4. The largest absolute Gasteiger partial charge is 0.480 e. The summed E-state index contributed by atoms with van der Waals surface area (Å²) in [5.74, 6) is -2.31. The first-order valence-corrected chi connectivity index (χ1v) is 9.55. The highest BCUT2D eigenvalue weighted by atomic mass is 16.4. The maximum atomic E-state index is 13.0. The first kappa shape index (κ1) is 21.4. The Balaban J connectivity index is 1.90. The van der Waals surface area contributed by atoms with Gasteiger partial charge in [0, 0.05) is 36.1 Å². The topological polar surface area (TPSA) is 133 Å². The van der Waals surface area contributed by atoms with Gasteiger partial charge < -0.3 is 21.1 Å². The molecule has 9 nitrogen and oxygen atoms in total. The van der Waals surface area contributed by atoms with Gasteiger partial charge in [0.05, 0.1) is 5.56 Å². The van der Waals surface area contributed by atoms with Crippen molar-refractivity contribution in [3.8, 4) is 0 Å². The minimum atomic E-state index is -1.17. The summed E-state index contributed by atoms with van der Waals surface area (Å²) in [4.78, 5) is 52.0. The number of nitrogens with two attached hydrogens (primary N) is 1. The van der Waals surface area contributed by atoms with E-state index in [1.165, 1.54) is 4.90 Å². The summed E-state index contributed by atoms with van der Waals surface area (Å²) in [6, 6.07) is 7.32. The molecule has 0 spiro atoms. The zero-order valence-corrected chi connectivity index (χ0v) is 16.8. The smallest absolute Gasteiger partial charge is 0.320 e. The van der Waals surface area contributed by atoms with Crippen molar-refractivity contribution in [2.45, 2.75) is 18.9 Å². The summed E-state index contributed by atoms with van der Waals surface area (Å²) in [5, 5.41) is 12.8. The summed E-state index contributed by atoms with van der Waals surface area (Å²) >= 11 is 0. The van der Waals surface area contributed by atoms with E-state index in [1.807, 2.05) is 19.0 Å². The number of hydrogen-bond acceptors (Lipinski definition) is 6. The standard InChI is InChI=1S/C21H24N4O5/c1-24(2)8-9-25-19(27)14-5-3-4-12-10-13(11-15(18(12)14)20(25)28)23-17(26)7-6-16(22)21(29)30/h3-5,10-11,16H,6-9,22H2,1-2H3,(H,23,26)(H,29,30)/t16-/m0/s1. The summed E-state index contributed by atoms with van der Waals surface area (Å²) < 4.78 is 0. The second kappa shape index (κ2) is 8.60. The summed E-state index contributed by atoms with van der Waals surface area (Å²) in [5.41, 5.74) is 6.63. The van der Waals surface area contributed by atoms with Crippen molar-refractivity contribution in [1.29, 1.82) is 0 Å². The monoisotopic (exact) mass is 412 g/mol. The number of likely N-dealkylation sites (N-methyl/N-ethyl adjacent to an activating group) is 1. The third kappa shape index (κ3) is 4.32. The number of aliphatic carboxylic acids is 1. The normalized spacial score (nSPS) is 14.3. The van der Waals surface area contributed by atoms with Gasteiger partial charge in [-0.2, -0.15) is 0 Å². The van der Waals surface area contributed by atoms with Crippen LogP contribution in [0.15, 0.2) is 30.3 Å². The number of carbonyl (C=O) groups excluding carboxylic acids is 3. The Morgan fingerprint density at radius 3 is 2.53 bits per heavy atom. The Morgan fingerprint density at radius 2 is 1.87 bits per heavy atom. The molecule has 1 heterocycles. The molecule has 0 radical (unpaired) electrons. The van der Waals surface area contributed by atoms with Crippen molar-refractivity contribution < 1.29 is 24.3 Å². The predicted octanol–water partition coefficient (Wildman–Crippen LogP) is 1.13. The van der Waals surface area contributed by atoms with Gasteiger partial charge in [-0.05, 0) is 44.1 Å². The van der Waals surface area contributed by atoms with Gasteiger partial charge in [0.1, 0.15) is 6.04 Å². The van der Waals surface area contributed by atoms with Crippen LogP contribution in [0.1, 0.15) is 33.6 Å². The van der Waals surface area contributed by atoms with Gasteiger partial charge in [-0.1, -0.05) is 12.1 Å². The molecule has 1 atom stereocenters. The summed E-state index contributed by atoms with van der Waals surface area (Å²) in [6.45, 7) is 0.785. The Kier molecular flexibility index (Phi) is 6.14. The third-order valence-electron chi connectivity index (χ3n) is 4.98. The van der Waals surface area contributed by atoms with Gasteiger partial charge in [-0.3, -0.25) is 24.1 Å². The number of rotatable bonds is 8. The molecule has 9 heteroatoms. The second-order valence-electron chi connectivity index (χ2n) is 7.52. The fraction of sp³-hybridized carbons (Fsp3) is 0.333. The highest BCUT2D eigenvalue weighted by Gasteiger charge is 2.33. The number of nitrogens with one attached hydrogen (secondary N) is 1. The molecule has 3 amide bonds. The number of carboxylic acids is 1. The van der Waals surface area contributed by atoms with E-state index >= 15 is 0 Å². The molecule has 4 N–H and O–H groups in total. The second-order valence-corrected chi connectivity index (χ2v) is 7.52. The van der Waals surface area contributed by atoms with E-state index in [4.69, 9.17) is 10.8 Å². The molecule has 2 aromatic rings. The van der Waals surface area contributed by atoms with Gasteiger partial charge in [0.2, 0.25) is 5.91 Å². The number of nitrogens with zero attached hydrogens (tertiary/aromatic N) is 2. The molecule has 2 aromatic carbocycles. The van der Waals surface area contributed by atoms with E-state index in [0.717, 1.165) is 0 Å². The van der Waals surface area contributed by atoms with Crippen molar-refractivity contribution in [3.05, 3.63) is 41.5 Å². The quantitative estimate of drug-likeness (QED) is 0.554. The number of benzene rings is 2. The molecule has 3 rings (SSSR count). The molecule has 1 aliphatic heterocycles. The number of anilines is 1. The summed E-state index contributed by atoms with van der Waals surface area (Å²) in [7, 11) is 3.72. The van der Waals surface area contributed by atoms with Crippen LogP contribution < -0.4 is 11.1 Å². The molecule has 30 heavy (non-hydrogen) atoms. The van der Waals surface area contributed by atoms with E-state index in [1.54, 1.807) is 30.3 Å². The number of imide groups is 1. The number of hydrogen-bond donors (Lipinski definition) is 3. The van der Waals surface area contributed by atoms with Gasteiger partial charge in [0.15, 0.2) is 0 Å². The number of carboxylic acid groups (broad SMARTS) is 1. The Bertz CT molecular complexity index is 1030. The lowest BCUT2D eigenvalue weighted by Crippen LogP contribution is -2.43. The molecule has 0 fully saturated rings. The van der Waals surface area contributed by atoms with Crippen LogP contribution in [0, 0.1) is 0 Å². The first-order chi connectivity index (χ1) is 14.2. The minimum absolute atomic E-state index is 0.00248. The highest BCUT2D eigenvalue weighted by molar-refractivity contribution is 6.26. The van der Waals surface area contributed by atoms with Crippen molar-refractivity contribution >= 4 is 40.2 Å². The average molecular weight is 412 g/mol. The lowest BCUT2D eigenvalue weighted by molar-refractivity contribution is -0.138. The molecule has 0 aliphatic carbocycles. The highest BCUT2D eigenvalue weighted by Crippen LogP contribution is 2.32. The van der Waals surface area contributed by atoms with Gasteiger partial charge in [-0.15, -0.1) is 0 Å². The van der Waals surface area contributed by atoms with Crippen LogP contribution in [-0.2, 0) is 9.59 Å². The lowest BCUT2D eigenvalue weighted by atomic mass is 9.93. The lowest BCUT2D eigenvalue weighted by Gasteiger charge is -2.28. The molecule has 0 aromatic heterocycles. The van der Waals surface area contributed by atoms with Crippen LogP contribution >= 0.6 is 0 Å². The molecule has 0 saturated carbocycles. The maximum Gasteiger partial charge on any atom is 0.320 e. The third-order valence-corrected chi connectivity index (χ3v) is 4.98. The molecular weight excluding hydrogens is 388 g/mol. The first-order valence-electron chi connectivity index (χ1n) is 9.55. The van der Waals surface area contributed by atoms with Crippen LogP contribution in [0.3, 0.4) is 0 Å². The maximum absolute atomic E-state index is 13.0. The fourth-order valence-corrected chi connectivity index (χ4v) is 3.37. The van der Waals surface area contributed by atoms with Crippen molar-refractivity contribution in [2.75, 3.05) is 32.5 Å². The van der Waals surface area contributed by atoms with E-state index < -0.39 is 23.8 Å². The Morgan fingerprint density at radius 1 is 1.17 bits per heavy atom. The van der Waals surface area contributed by atoms with Gasteiger partial charge in [0.25, 0.3) is 11.8 Å². The zero-order chi connectivity index (χ0) is 22.0. The predicted molar refractivity (Wildman–Crippen MR) is 111 cm³/mol. The van der Waals surface area contributed by atoms with E-state index in [-0.39, 0.29) is 25.3 Å². The van der Waals surface area contributed by atoms with Crippen LogP contribution in [0.2, 0.25) is 0 Å². The number of amides is 3. The van der Waals surface area contributed by atoms with Crippen LogP contribution in [-0.4, -0.2) is 71.8 Å². The fourth-order valence-electron chi connectivity index (χ4n) is 3.37. The molecule has 0 bridgehead atoms. The molecule has 158 valence electrons. The van der Waals surface area contributed by atoms with E-state index in [9.17, 15) is 19.2 Å². The molecule has 1 aliphatic rings. The SMILES string of the molecule is CN(C)CCN1C(=O)c2cccc3cc(NC(=O)CC[C@H](N)C(=O)O)cc(c23)C1=O.